The number of aryl methyl sites for hydroxylation is 1. The Hall–Kier alpha value is -1.12. The van der Waals surface area contributed by atoms with E-state index in [4.69, 9.17) is 0 Å². The van der Waals surface area contributed by atoms with E-state index in [2.05, 4.69) is 35.2 Å². The summed E-state index contributed by atoms with van der Waals surface area (Å²) in [5.74, 6) is 1.00. The molecule has 1 fully saturated rings. The first-order chi connectivity index (χ1) is 7.78. The molecule has 0 bridgehead atoms. The molecule has 0 unspecified atom stereocenters. The zero-order valence-electron chi connectivity index (χ0n) is 10.3. The zero-order chi connectivity index (χ0) is 11.4. The molecule has 0 atom stereocenters. The first-order valence-corrected chi connectivity index (χ1v) is 6.37. The minimum Gasteiger partial charge on any atom is -0.365 e. The van der Waals surface area contributed by atoms with Crippen LogP contribution in [0.5, 0.6) is 0 Å². The largest absolute Gasteiger partial charge is 0.365 e. The molecule has 0 saturated heterocycles. The van der Waals surface area contributed by atoms with Crippen molar-refractivity contribution in [2.45, 2.75) is 57.9 Å². The number of nitrogens with one attached hydrogen (secondary N) is 1. The fraction of sp³-hybridized carbons (Fsp3) is 0.692. The highest BCUT2D eigenvalue weighted by Gasteiger charge is 2.35. The molecule has 1 aliphatic carbocycles. The molecule has 0 radical (unpaired) electrons. The van der Waals surface area contributed by atoms with Crippen LogP contribution in [-0.2, 0) is 6.42 Å². The minimum absolute atomic E-state index is 0.317. The van der Waals surface area contributed by atoms with Crippen molar-refractivity contribution in [1.29, 1.82) is 0 Å². The molecule has 1 N–H and O–H groups in total. The molecule has 1 saturated carbocycles. The van der Waals surface area contributed by atoms with Crippen molar-refractivity contribution in [3.05, 3.63) is 18.1 Å². The molecule has 0 aliphatic heterocycles. The molecule has 0 aromatic carbocycles. The second-order valence-corrected chi connectivity index (χ2v) is 4.76. The second-order valence-electron chi connectivity index (χ2n) is 4.76. The van der Waals surface area contributed by atoms with Crippen LogP contribution in [0.25, 0.3) is 0 Å². The van der Waals surface area contributed by atoms with Gasteiger partial charge in [-0.05, 0) is 32.1 Å². The first-order valence-electron chi connectivity index (χ1n) is 6.37. The maximum absolute atomic E-state index is 4.31. The van der Waals surface area contributed by atoms with Crippen LogP contribution in [0.15, 0.2) is 12.4 Å². The zero-order valence-corrected chi connectivity index (χ0v) is 10.3. The highest BCUT2D eigenvalue weighted by Crippen LogP contribution is 2.37. The monoisotopic (exact) mass is 219 g/mol. The van der Waals surface area contributed by atoms with Gasteiger partial charge in [-0.15, -0.1) is 0 Å². The van der Waals surface area contributed by atoms with E-state index < -0.39 is 0 Å². The molecule has 1 aliphatic rings. The van der Waals surface area contributed by atoms with Crippen LogP contribution in [0.3, 0.4) is 0 Å². The van der Waals surface area contributed by atoms with Crippen LogP contribution in [0, 0.1) is 0 Å². The van der Waals surface area contributed by atoms with Crippen molar-refractivity contribution in [3.63, 3.8) is 0 Å². The fourth-order valence-corrected chi connectivity index (χ4v) is 2.30. The lowest BCUT2D eigenvalue weighted by Crippen LogP contribution is -2.44. The van der Waals surface area contributed by atoms with Gasteiger partial charge in [0, 0.05) is 17.3 Å². The van der Waals surface area contributed by atoms with E-state index in [0.29, 0.717) is 5.54 Å². The molecule has 88 valence electrons. The van der Waals surface area contributed by atoms with Gasteiger partial charge in [-0.25, -0.2) is 9.97 Å². The Bertz CT molecular complexity index is 339. The van der Waals surface area contributed by atoms with E-state index in [1.54, 1.807) is 6.33 Å². The first kappa shape index (κ1) is 11.4. The van der Waals surface area contributed by atoms with Gasteiger partial charge in [0.1, 0.15) is 12.1 Å². The number of aromatic nitrogens is 2. The van der Waals surface area contributed by atoms with Crippen LogP contribution in [-0.4, -0.2) is 15.5 Å². The third-order valence-corrected chi connectivity index (χ3v) is 3.61. The molecule has 3 heteroatoms. The number of rotatable bonds is 5. The lowest BCUT2D eigenvalue weighted by Gasteiger charge is -2.42. The third-order valence-electron chi connectivity index (χ3n) is 3.61. The summed E-state index contributed by atoms with van der Waals surface area (Å²) >= 11 is 0. The van der Waals surface area contributed by atoms with Gasteiger partial charge in [0.25, 0.3) is 0 Å². The van der Waals surface area contributed by atoms with Crippen LogP contribution < -0.4 is 5.32 Å². The Morgan fingerprint density at radius 3 is 2.69 bits per heavy atom. The molecule has 16 heavy (non-hydrogen) atoms. The van der Waals surface area contributed by atoms with E-state index in [1.807, 2.05) is 0 Å². The molecule has 1 heterocycles. The van der Waals surface area contributed by atoms with Crippen LogP contribution >= 0.6 is 0 Å². The third kappa shape index (κ3) is 2.34. The average Bonchev–Trinajstić information content (AvgIpc) is 2.25. The van der Waals surface area contributed by atoms with Gasteiger partial charge < -0.3 is 5.32 Å². The summed E-state index contributed by atoms with van der Waals surface area (Å²) in [6, 6.07) is 2.10. The van der Waals surface area contributed by atoms with E-state index in [-0.39, 0.29) is 0 Å². The van der Waals surface area contributed by atoms with Gasteiger partial charge >= 0.3 is 0 Å². The van der Waals surface area contributed by atoms with Crippen molar-refractivity contribution >= 4 is 5.82 Å². The van der Waals surface area contributed by atoms with Gasteiger partial charge in [-0.2, -0.15) is 0 Å². The van der Waals surface area contributed by atoms with Crippen molar-refractivity contribution < 1.29 is 0 Å². The van der Waals surface area contributed by atoms with Crippen LogP contribution in [0.4, 0.5) is 5.82 Å². The van der Waals surface area contributed by atoms with E-state index in [1.165, 1.54) is 25.7 Å². The van der Waals surface area contributed by atoms with Gasteiger partial charge in [-0.1, -0.05) is 20.3 Å². The normalized spacial score (nSPS) is 17.9. The topological polar surface area (TPSA) is 37.8 Å². The van der Waals surface area contributed by atoms with Gasteiger partial charge in [-0.3, -0.25) is 0 Å². The van der Waals surface area contributed by atoms with Crippen molar-refractivity contribution in [3.8, 4) is 0 Å². The molecular formula is C13H21N3. The summed E-state index contributed by atoms with van der Waals surface area (Å²) in [4.78, 5) is 8.59. The molecular weight excluding hydrogens is 198 g/mol. The van der Waals surface area contributed by atoms with Crippen LogP contribution in [0.2, 0.25) is 0 Å². The maximum atomic E-state index is 4.31. The van der Waals surface area contributed by atoms with E-state index >= 15 is 0 Å². The highest BCUT2D eigenvalue weighted by atomic mass is 15.1. The summed E-state index contributed by atoms with van der Waals surface area (Å²) in [6.45, 7) is 4.43. The smallest absolute Gasteiger partial charge is 0.130 e. The Morgan fingerprint density at radius 1 is 1.31 bits per heavy atom. The Labute approximate surface area is 97.7 Å². The lowest BCUT2D eigenvalue weighted by atomic mass is 9.75. The lowest BCUT2D eigenvalue weighted by molar-refractivity contribution is 0.269. The summed E-state index contributed by atoms with van der Waals surface area (Å²) in [5.41, 5.74) is 1.46. The van der Waals surface area contributed by atoms with Crippen molar-refractivity contribution in [2.75, 3.05) is 5.32 Å². The molecule has 0 spiro atoms. The molecule has 1 aromatic heterocycles. The van der Waals surface area contributed by atoms with Gasteiger partial charge in [0.15, 0.2) is 0 Å². The predicted octanol–water partition coefficient (Wildman–Crippen LogP) is 3.17. The van der Waals surface area contributed by atoms with Crippen molar-refractivity contribution in [2.24, 2.45) is 0 Å². The van der Waals surface area contributed by atoms with Crippen LogP contribution in [0.1, 0.15) is 51.6 Å². The molecule has 3 nitrogen and oxygen atoms in total. The number of anilines is 1. The molecule has 0 amide bonds. The molecule has 1 aromatic rings. The fourth-order valence-electron chi connectivity index (χ4n) is 2.30. The second kappa shape index (κ2) is 4.81. The summed E-state index contributed by atoms with van der Waals surface area (Å²) < 4.78 is 0. The van der Waals surface area contributed by atoms with Gasteiger partial charge in [0.05, 0.1) is 0 Å². The summed E-state index contributed by atoms with van der Waals surface area (Å²) in [7, 11) is 0. The van der Waals surface area contributed by atoms with Crippen molar-refractivity contribution in [1.82, 2.24) is 9.97 Å². The Kier molecular flexibility index (Phi) is 3.42. The highest BCUT2D eigenvalue weighted by molar-refractivity contribution is 5.39. The maximum Gasteiger partial charge on any atom is 0.130 e. The SMILES string of the molecule is CCCc1cc(NC2(CC)CCC2)ncn1. The van der Waals surface area contributed by atoms with Gasteiger partial charge in [0.2, 0.25) is 0 Å². The number of hydrogen-bond acceptors (Lipinski definition) is 3. The summed E-state index contributed by atoms with van der Waals surface area (Å²) in [5, 5.41) is 3.59. The number of nitrogens with zero attached hydrogens (tertiary/aromatic N) is 2. The Balaban J connectivity index is 2.05. The predicted molar refractivity (Wildman–Crippen MR) is 66.5 cm³/mol. The summed E-state index contributed by atoms with van der Waals surface area (Å²) in [6.07, 6.45) is 8.92. The quantitative estimate of drug-likeness (QED) is 0.826. The Morgan fingerprint density at radius 2 is 2.12 bits per heavy atom. The van der Waals surface area contributed by atoms with E-state index in [9.17, 15) is 0 Å². The standard InChI is InChI=1S/C13H21N3/c1-3-6-11-9-12(15-10-14-11)16-13(4-2)7-5-8-13/h9-10H,3-8H2,1-2H3,(H,14,15,16). The van der Waals surface area contributed by atoms with E-state index in [0.717, 1.165) is 24.4 Å². The minimum atomic E-state index is 0.317. The number of hydrogen-bond donors (Lipinski definition) is 1. The average molecular weight is 219 g/mol. The molecule has 2 rings (SSSR count).